The van der Waals surface area contributed by atoms with Crippen LogP contribution in [0.2, 0.25) is 0 Å². The summed E-state index contributed by atoms with van der Waals surface area (Å²) in [6.07, 6.45) is 12.9. The molecule has 1 N–H and O–H groups in total. The van der Waals surface area contributed by atoms with Crippen LogP contribution < -0.4 is 0 Å². The summed E-state index contributed by atoms with van der Waals surface area (Å²) in [5.74, 6) is 5.23. The highest BCUT2D eigenvalue weighted by Gasteiger charge is 2.59. The molecule has 2 nitrogen and oxygen atoms in total. The Morgan fingerprint density at radius 1 is 0.968 bits per heavy atom. The maximum atomic E-state index is 10.3. The van der Waals surface area contributed by atoms with Gasteiger partial charge in [0.2, 0.25) is 0 Å². The molecule has 3 saturated carbocycles. The summed E-state index contributed by atoms with van der Waals surface area (Å²) in [7, 11) is 0. The molecule has 4 rings (SSSR count). The molecule has 4 aliphatic rings. The van der Waals surface area contributed by atoms with E-state index in [0.717, 1.165) is 43.1 Å². The van der Waals surface area contributed by atoms with Crippen LogP contribution in [0.15, 0.2) is 11.6 Å². The summed E-state index contributed by atoms with van der Waals surface area (Å²) in [5, 5.41) is 10.3. The van der Waals surface area contributed by atoms with E-state index in [9.17, 15) is 5.11 Å². The molecule has 0 aromatic heterocycles. The Kier molecular flexibility index (Phi) is 6.75. The molecule has 0 aromatic rings. The van der Waals surface area contributed by atoms with E-state index < -0.39 is 0 Å². The van der Waals surface area contributed by atoms with Crippen LogP contribution in [0.3, 0.4) is 0 Å². The zero-order valence-electron chi connectivity index (χ0n) is 21.5. The van der Waals surface area contributed by atoms with Crippen LogP contribution in [0.1, 0.15) is 99.8 Å². The van der Waals surface area contributed by atoms with Gasteiger partial charge < -0.3 is 9.84 Å². The summed E-state index contributed by atoms with van der Waals surface area (Å²) in [5.41, 5.74) is 2.45. The summed E-state index contributed by atoms with van der Waals surface area (Å²) in [6, 6.07) is 0. The summed E-state index contributed by atoms with van der Waals surface area (Å²) >= 11 is 0. The molecule has 0 aliphatic heterocycles. The number of hydrogen-bond acceptors (Lipinski definition) is 2. The van der Waals surface area contributed by atoms with Crippen LogP contribution in [-0.4, -0.2) is 23.9 Å². The Bertz CT molecular complexity index is 658. The van der Waals surface area contributed by atoms with Gasteiger partial charge in [0, 0.05) is 6.61 Å². The second-order valence-corrected chi connectivity index (χ2v) is 13.1. The monoisotopic (exact) mass is 430 g/mol. The molecule has 0 radical (unpaired) electrons. The highest BCUT2D eigenvalue weighted by molar-refractivity contribution is 5.25. The van der Waals surface area contributed by atoms with Gasteiger partial charge in [-0.15, -0.1) is 0 Å². The number of rotatable bonds is 6. The van der Waals surface area contributed by atoms with Gasteiger partial charge in [-0.1, -0.05) is 60.1 Å². The fourth-order valence-corrected chi connectivity index (χ4v) is 9.15. The van der Waals surface area contributed by atoms with Crippen molar-refractivity contribution in [2.45, 2.75) is 112 Å². The lowest BCUT2D eigenvalue weighted by atomic mass is 9.47. The summed E-state index contributed by atoms with van der Waals surface area (Å²) < 4.78 is 6.53. The number of allylic oxidation sites excluding steroid dienone is 1. The van der Waals surface area contributed by atoms with Crippen molar-refractivity contribution in [2.75, 3.05) is 6.61 Å². The third kappa shape index (κ3) is 4.07. The molecular weight excluding hydrogens is 380 g/mol. The van der Waals surface area contributed by atoms with E-state index in [1.165, 1.54) is 38.5 Å². The minimum Gasteiger partial charge on any atom is -0.393 e. The molecule has 0 heterocycles. The van der Waals surface area contributed by atoms with Crippen LogP contribution in [0, 0.1) is 52.3 Å². The highest BCUT2D eigenvalue weighted by Crippen LogP contribution is 2.67. The van der Waals surface area contributed by atoms with E-state index in [4.69, 9.17) is 4.74 Å². The number of ether oxygens (including phenoxy) is 1. The SMILES string of the molecule is CC(C)C(OC[C@@H](C)[C@H]1CC[C@H]2[C@@H]3CC=C4C[C@@H](O)CC[C@]4(C)[C@H]3CC[C@]12C)C(C)C. The van der Waals surface area contributed by atoms with Crippen molar-refractivity contribution in [3.05, 3.63) is 11.6 Å². The molecular formula is C29H50O2. The largest absolute Gasteiger partial charge is 0.393 e. The van der Waals surface area contributed by atoms with Crippen molar-refractivity contribution in [1.82, 2.24) is 0 Å². The molecule has 0 amide bonds. The summed E-state index contributed by atoms with van der Waals surface area (Å²) in [6.45, 7) is 17.8. The van der Waals surface area contributed by atoms with E-state index in [0.29, 0.717) is 34.7 Å². The van der Waals surface area contributed by atoms with Gasteiger partial charge in [-0.3, -0.25) is 0 Å². The highest BCUT2D eigenvalue weighted by atomic mass is 16.5. The van der Waals surface area contributed by atoms with Gasteiger partial charge in [-0.2, -0.15) is 0 Å². The Morgan fingerprint density at radius 2 is 1.68 bits per heavy atom. The van der Waals surface area contributed by atoms with Crippen molar-refractivity contribution in [3.8, 4) is 0 Å². The average Bonchev–Trinajstić information content (AvgIpc) is 3.05. The lowest BCUT2D eigenvalue weighted by Crippen LogP contribution is -2.51. The first-order chi connectivity index (χ1) is 14.6. The normalized spacial score (nSPS) is 43.6. The van der Waals surface area contributed by atoms with Crippen molar-refractivity contribution >= 4 is 0 Å². The fraction of sp³-hybridized carbons (Fsp3) is 0.931. The zero-order chi connectivity index (χ0) is 22.6. The molecule has 4 aliphatic carbocycles. The molecule has 0 aromatic carbocycles. The lowest BCUT2D eigenvalue weighted by molar-refractivity contribution is -0.0754. The Labute approximate surface area is 192 Å². The molecule has 0 saturated heterocycles. The van der Waals surface area contributed by atoms with E-state index >= 15 is 0 Å². The third-order valence-electron chi connectivity index (χ3n) is 10.7. The Morgan fingerprint density at radius 3 is 2.35 bits per heavy atom. The molecule has 8 atom stereocenters. The van der Waals surface area contributed by atoms with E-state index in [1.54, 1.807) is 5.57 Å². The minimum atomic E-state index is -0.0954. The lowest BCUT2D eigenvalue weighted by Gasteiger charge is -2.58. The first kappa shape index (κ1) is 23.8. The molecule has 0 bridgehead atoms. The van der Waals surface area contributed by atoms with Crippen LogP contribution in [-0.2, 0) is 4.74 Å². The second kappa shape index (κ2) is 8.79. The van der Waals surface area contributed by atoms with Gasteiger partial charge in [-0.25, -0.2) is 0 Å². The molecule has 0 unspecified atom stereocenters. The topological polar surface area (TPSA) is 29.5 Å². The first-order valence-corrected chi connectivity index (χ1v) is 13.6. The standard InChI is InChI=1S/C29H50O2/c1-18(2)27(19(3)4)31-17-20(5)24-10-11-25-23-9-8-21-16-22(30)12-14-28(21,6)26(23)13-15-29(24,25)7/h8,18-20,22-27,30H,9-17H2,1-7H3/t20-,22+,23+,24-,25+,26+,28+,29-/m1/s1. The molecule has 0 spiro atoms. The van der Waals surface area contributed by atoms with Gasteiger partial charge in [0.15, 0.2) is 0 Å². The predicted octanol–water partition coefficient (Wildman–Crippen LogP) is 7.26. The maximum Gasteiger partial charge on any atom is 0.0620 e. The number of aliphatic hydroxyl groups excluding tert-OH is 1. The van der Waals surface area contributed by atoms with Crippen molar-refractivity contribution in [1.29, 1.82) is 0 Å². The van der Waals surface area contributed by atoms with Crippen LogP contribution in [0.25, 0.3) is 0 Å². The third-order valence-corrected chi connectivity index (χ3v) is 10.7. The predicted molar refractivity (Wildman–Crippen MR) is 130 cm³/mol. The first-order valence-electron chi connectivity index (χ1n) is 13.6. The number of hydrogen-bond donors (Lipinski definition) is 1. The Balaban J connectivity index is 1.47. The molecule has 178 valence electrons. The van der Waals surface area contributed by atoms with Crippen molar-refractivity contribution < 1.29 is 9.84 Å². The Hall–Kier alpha value is -0.340. The number of aliphatic hydroxyl groups is 1. The van der Waals surface area contributed by atoms with E-state index in [2.05, 4.69) is 54.5 Å². The maximum absolute atomic E-state index is 10.3. The summed E-state index contributed by atoms with van der Waals surface area (Å²) in [4.78, 5) is 0. The smallest absolute Gasteiger partial charge is 0.0620 e. The quantitative estimate of drug-likeness (QED) is 0.449. The molecule has 3 fully saturated rings. The fourth-order valence-electron chi connectivity index (χ4n) is 9.15. The molecule has 2 heteroatoms. The average molecular weight is 431 g/mol. The van der Waals surface area contributed by atoms with E-state index in [-0.39, 0.29) is 6.10 Å². The van der Waals surface area contributed by atoms with Gasteiger partial charge in [0.25, 0.3) is 0 Å². The van der Waals surface area contributed by atoms with Gasteiger partial charge in [-0.05, 0) is 104 Å². The number of fused-ring (bicyclic) bond motifs is 5. The van der Waals surface area contributed by atoms with Gasteiger partial charge in [0.05, 0.1) is 12.2 Å². The van der Waals surface area contributed by atoms with Crippen LogP contribution in [0.4, 0.5) is 0 Å². The van der Waals surface area contributed by atoms with Crippen LogP contribution in [0.5, 0.6) is 0 Å². The van der Waals surface area contributed by atoms with Crippen molar-refractivity contribution in [3.63, 3.8) is 0 Å². The van der Waals surface area contributed by atoms with Crippen molar-refractivity contribution in [2.24, 2.45) is 52.3 Å². The van der Waals surface area contributed by atoms with Crippen LogP contribution >= 0.6 is 0 Å². The molecule has 31 heavy (non-hydrogen) atoms. The minimum absolute atomic E-state index is 0.0954. The second-order valence-electron chi connectivity index (χ2n) is 13.1. The van der Waals surface area contributed by atoms with Gasteiger partial charge >= 0.3 is 0 Å². The van der Waals surface area contributed by atoms with E-state index in [1.807, 2.05) is 0 Å². The zero-order valence-corrected chi connectivity index (χ0v) is 21.5. The van der Waals surface area contributed by atoms with Gasteiger partial charge in [0.1, 0.15) is 0 Å².